The van der Waals surface area contributed by atoms with Gasteiger partial charge in [-0.15, -0.1) is 0 Å². The first-order valence-electron chi connectivity index (χ1n) is 5.73. The molecule has 0 aromatic heterocycles. The molecule has 0 unspecified atom stereocenters. The quantitative estimate of drug-likeness (QED) is 0.573. The topological polar surface area (TPSA) is 46.5 Å². The Morgan fingerprint density at radius 3 is 2.73 bits per heavy atom. The maximum atomic E-state index is 11.4. The van der Waals surface area contributed by atoms with Crippen molar-refractivity contribution in [3.05, 3.63) is 11.6 Å². The first-order chi connectivity index (χ1) is 7.27. The highest BCUT2D eigenvalue weighted by Crippen LogP contribution is 2.29. The van der Waals surface area contributed by atoms with Gasteiger partial charge in [-0.25, -0.2) is 0 Å². The third-order valence-electron chi connectivity index (χ3n) is 2.81. The highest BCUT2D eigenvalue weighted by Gasteiger charge is 2.23. The highest BCUT2D eigenvalue weighted by atomic mass is 16.5. The van der Waals surface area contributed by atoms with E-state index in [0.29, 0.717) is 6.61 Å². The summed E-state index contributed by atoms with van der Waals surface area (Å²) in [6.07, 6.45) is 6.58. The number of ether oxygens (including phenoxy) is 1. The Hall–Kier alpha value is -0.830. The molecule has 1 saturated carbocycles. The molecule has 0 amide bonds. The highest BCUT2D eigenvalue weighted by molar-refractivity contribution is 5.72. The van der Waals surface area contributed by atoms with Gasteiger partial charge in [-0.3, -0.25) is 4.79 Å². The standard InChI is InChI=1S/C12H20O3/c1-2-15-12(14)11-7-5-10(6-8-11)4-3-9-13/h4,11,13H,2-3,5-9H2,1H3. The molecule has 0 atom stereocenters. The van der Waals surface area contributed by atoms with Gasteiger partial charge in [0, 0.05) is 6.61 Å². The number of hydrogen-bond acceptors (Lipinski definition) is 3. The molecule has 0 saturated heterocycles. The molecule has 15 heavy (non-hydrogen) atoms. The van der Waals surface area contributed by atoms with Crippen molar-refractivity contribution in [2.75, 3.05) is 13.2 Å². The summed E-state index contributed by atoms with van der Waals surface area (Å²) in [7, 11) is 0. The van der Waals surface area contributed by atoms with Gasteiger partial charge < -0.3 is 9.84 Å². The van der Waals surface area contributed by atoms with Crippen molar-refractivity contribution in [3.63, 3.8) is 0 Å². The maximum Gasteiger partial charge on any atom is 0.308 e. The predicted molar refractivity (Wildman–Crippen MR) is 58.4 cm³/mol. The lowest BCUT2D eigenvalue weighted by Gasteiger charge is -2.22. The Morgan fingerprint density at radius 2 is 2.20 bits per heavy atom. The minimum absolute atomic E-state index is 0.0429. The van der Waals surface area contributed by atoms with Crippen LogP contribution >= 0.6 is 0 Å². The van der Waals surface area contributed by atoms with Crippen LogP contribution in [-0.2, 0) is 9.53 Å². The Morgan fingerprint density at radius 1 is 1.53 bits per heavy atom. The summed E-state index contributed by atoms with van der Waals surface area (Å²) in [4.78, 5) is 11.4. The largest absolute Gasteiger partial charge is 0.466 e. The molecule has 0 heterocycles. The van der Waals surface area contributed by atoms with Crippen LogP contribution in [0.1, 0.15) is 39.0 Å². The van der Waals surface area contributed by atoms with Gasteiger partial charge in [0.15, 0.2) is 0 Å². The third kappa shape index (κ3) is 4.04. The molecule has 0 aromatic rings. The van der Waals surface area contributed by atoms with Gasteiger partial charge in [-0.1, -0.05) is 11.6 Å². The zero-order valence-corrected chi connectivity index (χ0v) is 9.37. The van der Waals surface area contributed by atoms with E-state index in [-0.39, 0.29) is 18.5 Å². The number of rotatable bonds is 4. The van der Waals surface area contributed by atoms with E-state index in [1.165, 1.54) is 5.57 Å². The van der Waals surface area contributed by atoms with Crippen LogP contribution in [0.2, 0.25) is 0 Å². The van der Waals surface area contributed by atoms with Gasteiger partial charge in [0.1, 0.15) is 0 Å². The summed E-state index contributed by atoms with van der Waals surface area (Å²) >= 11 is 0. The number of esters is 1. The van der Waals surface area contributed by atoms with Crippen LogP contribution in [0, 0.1) is 5.92 Å². The van der Waals surface area contributed by atoms with Crippen molar-refractivity contribution in [2.45, 2.75) is 39.0 Å². The van der Waals surface area contributed by atoms with Crippen LogP contribution in [0.15, 0.2) is 11.6 Å². The van der Waals surface area contributed by atoms with Crippen molar-refractivity contribution >= 4 is 5.97 Å². The molecule has 1 rings (SSSR count). The Kier molecular flexibility index (Phi) is 5.40. The third-order valence-corrected chi connectivity index (χ3v) is 2.81. The Balaban J connectivity index is 2.32. The monoisotopic (exact) mass is 212 g/mol. The molecule has 0 radical (unpaired) electrons. The fourth-order valence-corrected chi connectivity index (χ4v) is 1.96. The van der Waals surface area contributed by atoms with Crippen LogP contribution in [0.5, 0.6) is 0 Å². The predicted octanol–water partition coefficient (Wildman–Crippen LogP) is 2.05. The molecule has 0 aromatic carbocycles. The van der Waals surface area contributed by atoms with Crippen LogP contribution < -0.4 is 0 Å². The average molecular weight is 212 g/mol. The van der Waals surface area contributed by atoms with E-state index in [4.69, 9.17) is 9.84 Å². The van der Waals surface area contributed by atoms with E-state index in [9.17, 15) is 4.79 Å². The Bertz CT molecular complexity index is 223. The number of hydrogen-bond donors (Lipinski definition) is 1. The van der Waals surface area contributed by atoms with Gasteiger partial charge in [-0.2, -0.15) is 0 Å². The van der Waals surface area contributed by atoms with Gasteiger partial charge in [0.25, 0.3) is 0 Å². The lowest BCUT2D eigenvalue weighted by atomic mass is 9.85. The van der Waals surface area contributed by atoms with Crippen molar-refractivity contribution in [1.29, 1.82) is 0 Å². The summed E-state index contributed by atoms with van der Waals surface area (Å²) < 4.78 is 5.00. The van der Waals surface area contributed by atoms with E-state index >= 15 is 0 Å². The second-order valence-corrected chi connectivity index (χ2v) is 3.90. The SMILES string of the molecule is CCOC(=O)C1CCC(=CCCO)CC1. The first kappa shape index (κ1) is 12.2. The van der Waals surface area contributed by atoms with E-state index in [0.717, 1.165) is 32.1 Å². The molecule has 1 aliphatic rings. The molecule has 1 fully saturated rings. The molecule has 1 aliphatic carbocycles. The van der Waals surface area contributed by atoms with Crippen LogP contribution in [-0.4, -0.2) is 24.3 Å². The number of carbonyl (C=O) groups excluding carboxylic acids is 1. The smallest absolute Gasteiger partial charge is 0.308 e. The lowest BCUT2D eigenvalue weighted by Crippen LogP contribution is -2.21. The molecular weight excluding hydrogens is 192 g/mol. The Labute approximate surface area is 91.1 Å². The summed E-state index contributed by atoms with van der Waals surface area (Å²) in [6.45, 7) is 2.53. The molecule has 3 nitrogen and oxygen atoms in total. The van der Waals surface area contributed by atoms with E-state index in [1.807, 2.05) is 6.92 Å². The number of allylic oxidation sites excluding steroid dienone is 1. The molecular formula is C12H20O3. The van der Waals surface area contributed by atoms with E-state index in [2.05, 4.69) is 6.08 Å². The second-order valence-electron chi connectivity index (χ2n) is 3.90. The number of aliphatic hydroxyl groups excluding tert-OH is 1. The molecule has 0 bridgehead atoms. The summed E-state index contributed by atoms with van der Waals surface area (Å²) in [5.41, 5.74) is 1.38. The van der Waals surface area contributed by atoms with Crippen LogP contribution in [0.4, 0.5) is 0 Å². The van der Waals surface area contributed by atoms with Crippen LogP contribution in [0.3, 0.4) is 0 Å². The van der Waals surface area contributed by atoms with Crippen molar-refractivity contribution in [1.82, 2.24) is 0 Å². The molecule has 86 valence electrons. The fourth-order valence-electron chi connectivity index (χ4n) is 1.96. The summed E-state index contributed by atoms with van der Waals surface area (Å²) in [5.74, 6) is 0.0509. The average Bonchev–Trinajstić information content (AvgIpc) is 2.27. The zero-order valence-electron chi connectivity index (χ0n) is 9.37. The summed E-state index contributed by atoms with van der Waals surface area (Å²) in [5, 5.41) is 8.69. The number of aliphatic hydroxyl groups is 1. The lowest BCUT2D eigenvalue weighted by molar-refractivity contribution is -0.148. The minimum Gasteiger partial charge on any atom is -0.466 e. The normalized spacial score (nSPS) is 21.2. The molecule has 3 heteroatoms. The maximum absolute atomic E-state index is 11.4. The molecule has 1 N–H and O–H groups in total. The summed E-state index contributed by atoms with van der Waals surface area (Å²) in [6, 6.07) is 0. The van der Waals surface area contributed by atoms with Crippen LogP contribution in [0.25, 0.3) is 0 Å². The minimum atomic E-state index is -0.0429. The van der Waals surface area contributed by atoms with Crippen molar-refractivity contribution in [2.24, 2.45) is 5.92 Å². The van der Waals surface area contributed by atoms with Crippen molar-refractivity contribution in [3.8, 4) is 0 Å². The van der Waals surface area contributed by atoms with E-state index < -0.39 is 0 Å². The zero-order chi connectivity index (χ0) is 11.1. The van der Waals surface area contributed by atoms with Gasteiger partial charge in [0.05, 0.1) is 12.5 Å². The van der Waals surface area contributed by atoms with Crippen molar-refractivity contribution < 1.29 is 14.6 Å². The van der Waals surface area contributed by atoms with Gasteiger partial charge in [0.2, 0.25) is 0 Å². The van der Waals surface area contributed by atoms with Gasteiger partial charge in [-0.05, 0) is 39.0 Å². The number of carbonyl (C=O) groups is 1. The fraction of sp³-hybridized carbons (Fsp3) is 0.750. The van der Waals surface area contributed by atoms with E-state index in [1.54, 1.807) is 0 Å². The first-order valence-corrected chi connectivity index (χ1v) is 5.73. The second kappa shape index (κ2) is 6.62. The van der Waals surface area contributed by atoms with Gasteiger partial charge >= 0.3 is 5.97 Å². The molecule has 0 aliphatic heterocycles. The molecule has 0 spiro atoms.